The van der Waals surface area contributed by atoms with Crippen LogP contribution in [0.4, 0.5) is 5.69 Å². The van der Waals surface area contributed by atoms with Gasteiger partial charge in [-0.05, 0) is 44.4 Å². The van der Waals surface area contributed by atoms with Crippen LogP contribution in [-0.4, -0.2) is 70.8 Å². The Hall–Kier alpha value is -2.97. The minimum Gasteiger partial charge on any atom is -0.461 e. The largest absolute Gasteiger partial charge is 0.461 e. The lowest BCUT2D eigenvalue weighted by atomic mass is 9.75. The van der Waals surface area contributed by atoms with Gasteiger partial charge in [-0.25, -0.2) is 0 Å². The number of para-hydroxylation sites is 1. The quantitative estimate of drug-likeness (QED) is 0.524. The molecule has 1 unspecified atom stereocenters. The average Bonchev–Trinajstić information content (AvgIpc) is 3.07. The molecule has 2 fully saturated rings. The Bertz CT molecular complexity index is 1120. The molecule has 4 aliphatic heterocycles. The molecule has 0 radical (unpaired) electrons. The molecule has 5 rings (SSSR count). The predicted molar refractivity (Wildman–Crippen MR) is 129 cm³/mol. The summed E-state index contributed by atoms with van der Waals surface area (Å²) in [6, 6.07) is 4.24. The highest BCUT2D eigenvalue weighted by Crippen LogP contribution is 2.58. The van der Waals surface area contributed by atoms with E-state index in [0.29, 0.717) is 13.0 Å². The molecule has 0 saturated carbocycles. The summed E-state index contributed by atoms with van der Waals surface area (Å²) in [6.45, 7) is 7.66. The van der Waals surface area contributed by atoms with E-state index < -0.39 is 41.1 Å². The van der Waals surface area contributed by atoms with Gasteiger partial charge in [0.05, 0.1) is 24.2 Å². The van der Waals surface area contributed by atoms with Crippen molar-refractivity contribution >= 4 is 23.5 Å². The standard InChI is InChI=1S/C27H32N2O6/c1-5-18(15-30)29-22-24(32)28(21-16(2)9-6-10-17(21)3)13-7-12-27(22)19(23(29)31)20-25(33)34-14-8-11-26(20,4)35-27/h6-12,18-20,22,30H,5,13-15H2,1-4H3/t18-,19-,20+,22?,26-,27-/m0/s1. The zero-order chi connectivity index (χ0) is 25.1. The number of rotatable bonds is 4. The van der Waals surface area contributed by atoms with Crippen LogP contribution in [0.5, 0.6) is 0 Å². The van der Waals surface area contributed by atoms with Crippen molar-refractivity contribution < 1.29 is 29.0 Å². The number of ether oxygens (including phenoxy) is 2. The van der Waals surface area contributed by atoms with E-state index in [1.54, 1.807) is 30.1 Å². The number of anilines is 1. The lowest BCUT2D eigenvalue weighted by Crippen LogP contribution is -2.59. The van der Waals surface area contributed by atoms with Crippen molar-refractivity contribution in [2.24, 2.45) is 11.8 Å². The molecule has 0 aliphatic carbocycles. The van der Waals surface area contributed by atoms with Crippen molar-refractivity contribution in [3.05, 3.63) is 53.6 Å². The SMILES string of the molecule is CC[C@@H](CO)N1C(=O)[C@@H]2[C@@H]3C(=O)OCC=C[C@]3(C)O[C@@]23C=CCN(c2c(C)cccc2C)C(=O)C13. The first-order valence-electron chi connectivity index (χ1n) is 12.2. The van der Waals surface area contributed by atoms with Crippen LogP contribution in [0.15, 0.2) is 42.5 Å². The number of aryl methyl sites for hydroxylation is 2. The average molecular weight is 481 g/mol. The van der Waals surface area contributed by atoms with Gasteiger partial charge in [-0.3, -0.25) is 14.4 Å². The number of esters is 1. The van der Waals surface area contributed by atoms with Crippen LogP contribution < -0.4 is 4.90 Å². The molecule has 35 heavy (non-hydrogen) atoms. The molecule has 4 aliphatic rings. The molecule has 2 amide bonds. The Morgan fingerprint density at radius 3 is 2.46 bits per heavy atom. The number of aliphatic hydroxyl groups is 1. The summed E-state index contributed by atoms with van der Waals surface area (Å²) in [7, 11) is 0. The van der Waals surface area contributed by atoms with Crippen molar-refractivity contribution in [3.8, 4) is 0 Å². The molecule has 8 heteroatoms. The van der Waals surface area contributed by atoms with Gasteiger partial charge >= 0.3 is 5.97 Å². The maximum atomic E-state index is 14.4. The number of hydrogen-bond acceptors (Lipinski definition) is 6. The van der Waals surface area contributed by atoms with Gasteiger partial charge in [-0.15, -0.1) is 0 Å². The fourth-order valence-corrected chi connectivity index (χ4v) is 6.53. The number of carbonyl (C=O) groups is 3. The van der Waals surface area contributed by atoms with Crippen LogP contribution in [0.1, 0.15) is 31.4 Å². The van der Waals surface area contributed by atoms with Crippen molar-refractivity contribution in [1.29, 1.82) is 0 Å². The van der Waals surface area contributed by atoms with Gasteiger partial charge in [0.2, 0.25) is 5.91 Å². The van der Waals surface area contributed by atoms with Crippen molar-refractivity contribution in [2.75, 3.05) is 24.7 Å². The van der Waals surface area contributed by atoms with E-state index in [1.807, 2.05) is 45.0 Å². The number of amides is 2. The second-order valence-electron chi connectivity index (χ2n) is 10.1. The van der Waals surface area contributed by atoms with Gasteiger partial charge in [0.1, 0.15) is 24.2 Å². The maximum absolute atomic E-state index is 14.4. The third kappa shape index (κ3) is 3.23. The number of aliphatic hydroxyl groups excluding tert-OH is 1. The Kier molecular flexibility index (Phi) is 5.64. The van der Waals surface area contributed by atoms with Crippen molar-refractivity contribution in [2.45, 2.75) is 57.4 Å². The summed E-state index contributed by atoms with van der Waals surface area (Å²) in [5.74, 6) is -3.00. The summed E-state index contributed by atoms with van der Waals surface area (Å²) in [6.07, 6.45) is 7.61. The topological polar surface area (TPSA) is 96.4 Å². The van der Waals surface area contributed by atoms with Gasteiger partial charge in [-0.1, -0.05) is 43.4 Å². The number of cyclic esters (lactones) is 1. The van der Waals surface area contributed by atoms with Gasteiger partial charge < -0.3 is 24.4 Å². The summed E-state index contributed by atoms with van der Waals surface area (Å²) in [5, 5.41) is 10.2. The minimum absolute atomic E-state index is 0.110. The van der Waals surface area contributed by atoms with E-state index in [1.165, 1.54) is 4.90 Å². The normalized spacial score (nSPS) is 34.8. The van der Waals surface area contributed by atoms with Crippen LogP contribution in [0, 0.1) is 25.7 Å². The fraction of sp³-hybridized carbons (Fsp3) is 0.519. The summed E-state index contributed by atoms with van der Waals surface area (Å²) in [4.78, 5) is 44.8. The smallest absolute Gasteiger partial charge is 0.313 e. The molecule has 1 aromatic rings. The lowest BCUT2D eigenvalue weighted by Gasteiger charge is -2.40. The number of hydrogen-bond donors (Lipinski definition) is 1. The molecule has 0 aromatic heterocycles. The molecule has 8 nitrogen and oxygen atoms in total. The Morgan fingerprint density at radius 2 is 1.80 bits per heavy atom. The Labute approximate surface area is 205 Å². The van der Waals surface area contributed by atoms with Crippen LogP contribution in [0.2, 0.25) is 0 Å². The third-order valence-electron chi connectivity index (χ3n) is 8.04. The number of fused-ring (bicyclic) bond motifs is 2. The molecule has 1 spiro atoms. The molecule has 1 N–H and O–H groups in total. The first kappa shape index (κ1) is 23.8. The van der Waals surface area contributed by atoms with Gasteiger partial charge in [0, 0.05) is 12.2 Å². The zero-order valence-corrected chi connectivity index (χ0v) is 20.6. The van der Waals surface area contributed by atoms with Crippen molar-refractivity contribution in [1.82, 2.24) is 4.90 Å². The summed E-state index contributed by atoms with van der Waals surface area (Å²) in [5.41, 5.74) is 0.227. The van der Waals surface area contributed by atoms with E-state index in [0.717, 1.165) is 16.8 Å². The Morgan fingerprint density at radius 1 is 1.09 bits per heavy atom. The van der Waals surface area contributed by atoms with Gasteiger partial charge in [0.15, 0.2) is 0 Å². The second kappa shape index (κ2) is 8.31. The monoisotopic (exact) mass is 480 g/mol. The minimum atomic E-state index is -1.36. The summed E-state index contributed by atoms with van der Waals surface area (Å²) >= 11 is 0. The zero-order valence-electron chi connectivity index (χ0n) is 20.6. The molecule has 1 aromatic carbocycles. The van der Waals surface area contributed by atoms with Crippen LogP contribution in [-0.2, 0) is 23.9 Å². The fourth-order valence-electron chi connectivity index (χ4n) is 6.53. The highest BCUT2D eigenvalue weighted by molar-refractivity contribution is 6.06. The van der Waals surface area contributed by atoms with Gasteiger partial charge in [0.25, 0.3) is 5.91 Å². The van der Waals surface area contributed by atoms with E-state index in [4.69, 9.17) is 9.47 Å². The number of likely N-dealkylation sites (tertiary alicyclic amines) is 1. The second-order valence-corrected chi connectivity index (χ2v) is 10.1. The third-order valence-corrected chi connectivity index (χ3v) is 8.04. The highest BCUT2D eigenvalue weighted by Gasteiger charge is 2.75. The van der Waals surface area contributed by atoms with E-state index in [-0.39, 0.29) is 25.0 Å². The molecule has 4 heterocycles. The molecule has 6 atom stereocenters. The molecule has 186 valence electrons. The predicted octanol–water partition coefficient (Wildman–Crippen LogP) is 2.06. The molecule has 2 saturated heterocycles. The number of carbonyl (C=O) groups excluding carboxylic acids is 3. The molecular formula is C27H32N2O6. The first-order chi connectivity index (χ1) is 16.7. The van der Waals surface area contributed by atoms with Crippen LogP contribution in [0.3, 0.4) is 0 Å². The maximum Gasteiger partial charge on any atom is 0.313 e. The lowest BCUT2D eigenvalue weighted by molar-refractivity contribution is -0.157. The Balaban J connectivity index is 1.71. The van der Waals surface area contributed by atoms with E-state index >= 15 is 0 Å². The molecule has 0 bridgehead atoms. The summed E-state index contributed by atoms with van der Waals surface area (Å²) < 4.78 is 12.1. The van der Waals surface area contributed by atoms with E-state index in [2.05, 4.69) is 0 Å². The highest BCUT2D eigenvalue weighted by atomic mass is 16.6. The van der Waals surface area contributed by atoms with Crippen LogP contribution in [0.25, 0.3) is 0 Å². The number of benzene rings is 1. The molecular weight excluding hydrogens is 448 g/mol. The van der Waals surface area contributed by atoms with Gasteiger partial charge in [-0.2, -0.15) is 0 Å². The van der Waals surface area contributed by atoms with E-state index in [9.17, 15) is 19.5 Å². The van der Waals surface area contributed by atoms with Crippen LogP contribution >= 0.6 is 0 Å². The first-order valence-corrected chi connectivity index (χ1v) is 12.2. The number of nitrogens with zero attached hydrogens (tertiary/aromatic N) is 2. The van der Waals surface area contributed by atoms with Crippen molar-refractivity contribution in [3.63, 3.8) is 0 Å².